The van der Waals surface area contributed by atoms with E-state index in [9.17, 15) is 0 Å². The number of hydrogen-bond acceptors (Lipinski definition) is 4. The number of rotatable bonds is 7. The molecule has 1 rings (SSSR count). The minimum atomic E-state index is 0.0648. The van der Waals surface area contributed by atoms with Crippen molar-refractivity contribution in [3.8, 4) is 11.5 Å². The largest absolute Gasteiger partial charge is 0.493 e. The van der Waals surface area contributed by atoms with Crippen LogP contribution < -0.4 is 20.7 Å². The number of para-hydroxylation sites is 1. The van der Waals surface area contributed by atoms with Crippen LogP contribution >= 0.6 is 0 Å². The van der Waals surface area contributed by atoms with E-state index in [1.807, 2.05) is 18.2 Å². The molecule has 1 aromatic carbocycles. The van der Waals surface area contributed by atoms with Crippen LogP contribution in [0, 0.1) is 5.92 Å². The highest BCUT2D eigenvalue weighted by Crippen LogP contribution is 2.37. The standard InChI is InChI=1S/C14H24N2O2/c1-5-7-10(2)13(16-15)11-8-6-9-12(17-3)14(11)18-4/h6,8-10,13,16H,5,7,15H2,1-4H3. The molecule has 3 N–H and O–H groups in total. The average Bonchev–Trinajstić information content (AvgIpc) is 2.39. The second-order valence-corrected chi connectivity index (χ2v) is 4.49. The molecule has 4 heteroatoms. The molecule has 2 atom stereocenters. The average molecular weight is 252 g/mol. The van der Waals surface area contributed by atoms with E-state index >= 15 is 0 Å². The summed E-state index contributed by atoms with van der Waals surface area (Å²) in [5.74, 6) is 7.63. The molecular formula is C14H24N2O2. The molecule has 0 saturated carbocycles. The van der Waals surface area contributed by atoms with Crippen LogP contribution in [0.2, 0.25) is 0 Å². The number of hydrogen-bond donors (Lipinski definition) is 2. The predicted octanol–water partition coefficient (Wildman–Crippen LogP) is 2.64. The van der Waals surface area contributed by atoms with E-state index in [2.05, 4.69) is 19.3 Å². The van der Waals surface area contributed by atoms with Crippen LogP contribution in [0.15, 0.2) is 18.2 Å². The van der Waals surface area contributed by atoms with Gasteiger partial charge in [0.05, 0.1) is 20.3 Å². The van der Waals surface area contributed by atoms with Crippen molar-refractivity contribution >= 4 is 0 Å². The lowest BCUT2D eigenvalue weighted by molar-refractivity contribution is 0.325. The van der Waals surface area contributed by atoms with Crippen LogP contribution in [0.1, 0.15) is 38.3 Å². The smallest absolute Gasteiger partial charge is 0.165 e. The van der Waals surface area contributed by atoms with E-state index in [4.69, 9.17) is 15.3 Å². The Morgan fingerprint density at radius 3 is 2.50 bits per heavy atom. The summed E-state index contributed by atoms with van der Waals surface area (Å²) in [4.78, 5) is 0. The van der Waals surface area contributed by atoms with Crippen LogP contribution in [0.5, 0.6) is 11.5 Å². The van der Waals surface area contributed by atoms with Crippen molar-refractivity contribution in [1.29, 1.82) is 0 Å². The Kier molecular flexibility index (Phi) is 5.95. The zero-order chi connectivity index (χ0) is 13.5. The molecule has 0 aliphatic rings. The third-order valence-electron chi connectivity index (χ3n) is 3.26. The van der Waals surface area contributed by atoms with Gasteiger partial charge < -0.3 is 9.47 Å². The molecule has 0 aliphatic carbocycles. The first-order chi connectivity index (χ1) is 8.69. The highest BCUT2D eigenvalue weighted by Gasteiger charge is 2.22. The Labute approximate surface area is 109 Å². The van der Waals surface area contributed by atoms with Crippen molar-refractivity contribution in [1.82, 2.24) is 5.43 Å². The van der Waals surface area contributed by atoms with Crippen LogP contribution in [0.3, 0.4) is 0 Å². The normalized spacial score (nSPS) is 14.1. The van der Waals surface area contributed by atoms with Gasteiger partial charge in [-0.25, -0.2) is 0 Å². The molecule has 0 radical (unpaired) electrons. The topological polar surface area (TPSA) is 56.5 Å². The fraction of sp³-hybridized carbons (Fsp3) is 0.571. The second kappa shape index (κ2) is 7.24. The first-order valence-corrected chi connectivity index (χ1v) is 6.36. The van der Waals surface area contributed by atoms with Crippen LogP contribution in [-0.4, -0.2) is 14.2 Å². The molecule has 1 aromatic rings. The summed E-state index contributed by atoms with van der Waals surface area (Å²) in [6.45, 7) is 4.36. The lowest BCUT2D eigenvalue weighted by Crippen LogP contribution is -2.32. The van der Waals surface area contributed by atoms with Crippen LogP contribution in [-0.2, 0) is 0 Å². The number of nitrogens with two attached hydrogens (primary N) is 1. The van der Waals surface area contributed by atoms with Crippen molar-refractivity contribution in [3.05, 3.63) is 23.8 Å². The maximum atomic E-state index is 5.70. The van der Waals surface area contributed by atoms with Crippen molar-refractivity contribution in [2.24, 2.45) is 11.8 Å². The van der Waals surface area contributed by atoms with E-state index in [1.54, 1.807) is 14.2 Å². The summed E-state index contributed by atoms with van der Waals surface area (Å²) < 4.78 is 10.8. The fourth-order valence-corrected chi connectivity index (χ4v) is 2.34. The Hall–Kier alpha value is -1.26. The molecule has 0 aromatic heterocycles. The lowest BCUT2D eigenvalue weighted by Gasteiger charge is -2.25. The van der Waals surface area contributed by atoms with Crippen LogP contribution in [0.25, 0.3) is 0 Å². The zero-order valence-electron chi connectivity index (χ0n) is 11.7. The van der Waals surface area contributed by atoms with E-state index in [1.165, 1.54) is 0 Å². The molecule has 4 nitrogen and oxygen atoms in total. The van der Waals surface area contributed by atoms with E-state index in [0.717, 1.165) is 29.9 Å². The van der Waals surface area contributed by atoms with Gasteiger partial charge in [-0.3, -0.25) is 11.3 Å². The number of nitrogens with one attached hydrogen (secondary N) is 1. The highest BCUT2D eigenvalue weighted by atomic mass is 16.5. The molecule has 0 bridgehead atoms. The highest BCUT2D eigenvalue weighted by molar-refractivity contribution is 5.48. The summed E-state index contributed by atoms with van der Waals surface area (Å²) in [5.41, 5.74) is 3.94. The van der Waals surface area contributed by atoms with E-state index in [0.29, 0.717) is 5.92 Å². The van der Waals surface area contributed by atoms with Gasteiger partial charge in [-0.1, -0.05) is 32.4 Å². The summed E-state index contributed by atoms with van der Waals surface area (Å²) >= 11 is 0. The van der Waals surface area contributed by atoms with E-state index in [-0.39, 0.29) is 6.04 Å². The Bertz CT molecular complexity index is 369. The summed E-state index contributed by atoms with van der Waals surface area (Å²) in [7, 11) is 3.29. The molecule has 0 heterocycles. The molecule has 0 fully saturated rings. The van der Waals surface area contributed by atoms with Gasteiger partial charge in [0.2, 0.25) is 0 Å². The van der Waals surface area contributed by atoms with Crippen molar-refractivity contribution < 1.29 is 9.47 Å². The minimum Gasteiger partial charge on any atom is -0.493 e. The number of ether oxygens (including phenoxy) is 2. The van der Waals surface area contributed by atoms with Gasteiger partial charge in [-0.2, -0.15) is 0 Å². The zero-order valence-corrected chi connectivity index (χ0v) is 11.7. The molecule has 18 heavy (non-hydrogen) atoms. The first kappa shape index (κ1) is 14.8. The molecule has 0 saturated heterocycles. The van der Waals surface area contributed by atoms with E-state index < -0.39 is 0 Å². The minimum absolute atomic E-state index is 0.0648. The van der Waals surface area contributed by atoms with Crippen molar-refractivity contribution in [2.45, 2.75) is 32.7 Å². The van der Waals surface area contributed by atoms with Gasteiger partial charge in [0.15, 0.2) is 11.5 Å². The van der Waals surface area contributed by atoms with Crippen molar-refractivity contribution in [3.63, 3.8) is 0 Å². The maximum Gasteiger partial charge on any atom is 0.165 e. The number of benzene rings is 1. The van der Waals surface area contributed by atoms with Crippen LogP contribution in [0.4, 0.5) is 0 Å². The number of methoxy groups -OCH3 is 2. The Balaban J connectivity index is 3.12. The Morgan fingerprint density at radius 1 is 1.28 bits per heavy atom. The Morgan fingerprint density at radius 2 is 2.00 bits per heavy atom. The quantitative estimate of drug-likeness (QED) is 0.578. The third kappa shape index (κ3) is 3.15. The monoisotopic (exact) mass is 252 g/mol. The molecule has 0 aliphatic heterocycles. The fourth-order valence-electron chi connectivity index (χ4n) is 2.34. The molecule has 0 amide bonds. The molecular weight excluding hydrogens is 228 g/mol. The summed E-state index contributed by atoms with van der Waals surface area (Å²) in [5, 5.41) is 0. The van der Waals surface area contributed by atoms with Gasteiger partial charge in [-0.15, -0.1) is 0 Å². The lowest BCUT2D eigenvalue weighted by atomic mass is 9.91. The third-order valence-corrected chi connectivity index (χ3v) is 3.26. The summed E-state index contributed by atoms with van der Waals surface area (Å²) in [6, 6.07) is 5.94. The van der Waals surface area contributed by atoms with Gasteiger partial charge in [0.1, 0.15) is 0 Å². The summed E-state index contributed by atoms with van der Waals surface area (Å²) in [6.07, 6.45) is 2.24. The first-order valence-electron chi connectivity index (χ1n) is 6.36. The van der Waals surface area contributed by atoms with Gasteiger partial charge >= 0.3 is 0 Å². The van der Waals surface area contributed by atoms with Gasteiger partial charge in [0.25, 0.3) is 0 Å². The number of hydrazine groups is 1. The molecule has 102 valence electrons. The maximum absolute atomic E-state index is 5.70. The SMILES string of the molecule is CCCC(C)C(NN)c1cccc(OC)c1OC. The van der Waals surface area contributed by atoms with Gasteiger partial charge in [0, 0.05) is 5.56 Å². The van der Waals surface area contributed by atoms with Gasteiger partial charge in [-0.05, 0) is 18.4 Å². The second-order valence-electron chi connectivity index (χ2n) is 4.49. The molecule has 2 unspecified atom stereocenters. The molecule has 0 spiro atoms. The van der Waals surface area contributed by atoms with Crippen molar-refractivity contribution in [2.75, 3.05) is 14.2 Å². The predicted molar refractivity (Wildman–Crippen MR) is 73.7 cm³/mol.